The lowest BCUT2D eigenvalue weighted by atomic mass is 9.82. The molecule has 0 aliphatic carbocycles. The first-order valence-corrected chi connectivity index (χ1v) is 6.60. The normalized spacial score (nSPS) is 15.3. The Morgan fingerprint density at radius 2 is 1.78 bits per heavy atom. The van der Waals surface area contributed by atoms with Crippen molar-refractivity contribution in [2.45, 2.75) is 46.1 Å². The molecule has 1 rings (SSSR count). The molecule has 0 saturated heterocycles. The van der Waals surface area contributed by atoms with Crippen LogP contribution >= 0.6 is 11.6 Å². The molecule has 1 aromatic rings. The number of ether oxygens (including phenoxy) is 1. The molecule has 0 spiro atoms. The van der Waals surface area contributed by atoms with Crippen molar-refractivity contribution in [1.29, 1.82) is 0 Å². The van der Waals surface area contributed by atoms with Crippen molar-refractivity contribution in [1.82, 2.24) is 0 Å². The van der Waals surface area contributed by atoms with Crippen molar-refractivity contribution in [3.05, 3.63) is 28.8 Å². The Hall–Kier alpha value is -0.730. The van der Waals surface area contributed by atoms with Gasteiger partial charge in [-0.3, -0.25) is 0 Å². The van der Waals surface area contributed by atoms with Crippen molar-refractivity contribution in [3.8, 4) is 5.75 Å². The predicted octanol–water partition coefficient (Wildman–Crippen LogP) is 4.38. The third-order valence-corrected chi connectivity index (χ3v) is 3.34. The quantitative estimate of drug-likeness (QED) is 0.880. The van der Waals surface area contributed by atoms with E-state index in [4.69, 9.17) is 16.3 Å². The summed E-state index contributed by atoms with van der Waals surface area (Å²) in [5, 5.41) is 11.3. The van der Waals surface area contributed by atoms with Gasteiger partial charge in [0.25, 0.3) is 0 Å². The first kappa shape index (κ1) is 15.3. The number of hydrogen-bond donors (Lipinski definition) is 1. The minimum Gasteiger partial charge on any atom is -0.496 e. The lowest BCUT2D eigenvalue weighted by molar-refractivity contribution is 0.0335. The Bertz CT molecular complexity index is 405. The van der Waals surface area contributed by atoms with E-state index in [0.717, 1.165) is 12.0 Å². The lowest BCUT2D eigenvalue weighted by Gasteiger charge is -2.29. The maximum absolute atomic E-state index is 10.6. The molecule has 0 saturated carbocycles. The second kappa shape index (κ2) is 5.50. The summed E-state index contributed by atoms with van der Waals surface area (Å²) in [5.41, 5.74) is 0.0148. The highest BCUT2D eigenvalue weighted by Crippen LogP contribution is 2.37. The van der Waals surface area contributed by atoms with Gasteiger partial charge in [0, 0.05) is 10.6 Å². The van der Waals surface area contributed by atoms with Gasteiger partial charge < -0.3 is 9.84 Å². The summed E-state index contributed by atoms with van der Waals surface area (Å²) < 4.78 is 5.30. The van der Waals surface area contributed by atoms with E-state index in [1.54, 1.807) is 25.3 Å². The molecule has 0 heterocycles. The Balaban J connectivity index is 2.99. The summed E-state index contributed by atoms with van der Waals surface area (Å²) >= 11 is 6.00. The average Bonchev–Trinajstić information content (AvgIpc) is 2.26. The van der Waals surface area contributed by atoms with Crippen LogP contribution in [-0.2, 0) is 5.60 Å². The highest BCUT2D eigenvalue weighted by atomic mass is 35.5. The van der Waals surface area contributed by atoms with Crippen LogP contribution in [0.15, 0.2) is 18.2 Å². The zero-order chi connectivity index (χ0) is 14.0. The summed E-state index contributed by atoms with van der Waals surface area (Å²) in [6, 6.07) is 5.34. The van der Waals surface area contributed by atoms with Crippen LogP contribution in [0, 0.1) is 5.41 Å². The van der Waals surface area contributed by atoms with Gasteiger partial charge in [0.05, 0.1) is 12.7 Å². The molecule has 102 valence electrons. The summed E-state index contributed by atoms with van der Waals surface area (Å²) in [4.78, 5) is 0. The van der Waals surface area contributed by atoms with E-state index >= 15 is 0 Å². The fourth-order valence-electron chi connectivity index (χ4n) is 1.85. The zero-order valence-corrected chi connectivity index (χ0v) is 12.6. The predicted molar refractivity (Wildman–Crippen MR) is 76.3 cm³/mol. The van der Waals surface area contributed by atoms with Gasteiger partial charge in [0.2, 0.25) is 0 Å². The largest absolute Gasteiger partial charge is 0.496 e. The molecule has 1 aromatic carbocycles. The second-order valence-electron chi connectivity index (χ2n) is 6.18. The molecule has 18 heavy (non-hydrogen) atoms. The fraction of sp³-hybridized carbons (Fsp3) is 0.600. The summed E-state index contributed by atoms with van der Waals surface area (Å²) in [6.07, 6.45) is 1.60. The molecular weight excluding hydrogens is 248 g/mol. The number of rotatable bonds is 4. The molecule has 1 unspecified atom stereocenters. The molecule has 2 nitrogen and oxygen atoms in total. The number of benzene rings is 1. The third-order valence-electron chi connectivity index (χ3n) is 3.10. The van der Waals surface area contributed by atoms with Crippen LogP contribution < -0.4 is 4.74 Å². The molecule has 0 aliphatic heterocycles. The summed E-state index contributed by atoms with van der Waals surface area (Å²) in [5.74, 6) is 0.679. The highest BCUT2D eigenvalue weighted by Gasteiger charge is 2.28. The molecule has 0 aromatic heterocycles. The molecule has 0 bridgehead atoms. The van der Waals surface area contributed by atoms with Gasteiger partial charge >= 0.3 is 0 Å². The van der Waals surface area contributed by atoms with E-state index in [1.807, 2.05) is 6.92 Å². The van der Waals surface area contributed by atoms with Gasteiger partial charge in [-0.1, -0.05) is 32.4 Å². The van der Waals surface area contributed by atoms with Gasteiger partial charge in [0.1, 0.15) is 5.75 Å². The van der Waals surface area contributed by atoms with Crippen molar-refractivity contribution in [2.24, 2.45) is 5.41 Å². The van der Waals surface area contributed by atoms with Gasteiger partial charge in [-0.15, -0.1) is 0 Å². The van der Waals surface area contributed by atoms with E-state index in [-0.39, 0.29) is 5.41 Å². The average molecular weight is 271 g/mol. The van der Waals surface area contributed by atoms with Gasteiger partial charge in [-0.25, -0.2) is 0 Å². The Morgan fingerprint density at radius 1 is 1.17 bits per heavy atom. The van der Waals surface area contributed by atoms with E-state index in [9.17, 15) is 5.11 Å². The molecule has 0 aliphatic rings. The molecule has 3 heteroatoms. The number of aliphatic hydroxyl groups is 1. The fourth-order valence-corrected chi connectivity index (χ4v) is 2.03. The van der Waals surface area contributed by atoms with Crippen LogP contribution in [0.5, 0.6) is 5.75 Å². The van der Waals surface area contributed by atoms with Gasteiger partial charge in [0.15, 0.2) is 0 Å². The van der Waals surface area contributed by atoms with Crippen molar-refractivity contribution < 1.29 is 9.84 Å². The third kappa shape index (κ3) is 4.18. The topological polar surface area (TPSA) is 29.5 Å². The SMILES string of the molecule is COc1ccc(Cl)cc1C(C)(O)CCC(C)(C)C. The van der Waals surface area contributed by atoms with Crippen LogP contribution in [0.25, 0.3) is 0 Å². The molecule has 0 fully saturated rings. The number of halogens is 1. The minimum absolute atomic E-state index is 0.190. The summed E-state index contributed by atoms with van der Waals surface area (Å²) in [6.45, 7) is 8.31. The van der Waals surface area contributed by atoms with E-state index in [0.29, 0.717) is 17.2 Å². The van der Waals surface area contributed by atoms with Gasteiger partial charge in [-0.2, -0.15) is 0 Å². The standard InChI is InChI=1S/C15H23ClO2/c1-14(2,3)8-9-15(4,17)12-10-11(16)6-7-13(12)18-5/h6-7,10,17H,8-9H2,1-5H3. The molecule has 1 atom stereocenters. The van der Waals surface area contributed by atoms with Crippen LogP contribution in [-0.4, -0.2) is 12.2 Å². The smallest absolute Gasteiger partial charge is 0.125 e. The van der Waals surface area contributed by atoms with Crippen molar-refractivity contribution in [2.75, 3.05) is 7.11 Å². The number of hydrogen-bond acceptors (Lipinski definition) is 2. The van der Waals surface area contributed by atoms with Crippen molar-refractivity contribution in [3.63, 3.8) is 0 Å². The molecule has 1 N–H and O–H groups in total. The number of methoxy groups -OCH3 is 1. The van der Waals surface area contributed by atoms with E-state index in [2.05, 4.69) is 20.8 Å². The van der Waals surface area contributed by atoms with Crippen LogP contribution in [0.1, 0.15) is 46.1 Å². The van der Waals surface area contributed by atoms with Crippen LogP contribution in [0.2, 0.25) is 5.02 Å². The second-order valence-corrected chi connectivity index (χ2v) is 6.62. The van der Waals surface area contributed by atoms with Gasteiger partial charge in [-0.05, 0) is 43.4 Å². The first-order chi connectivity index (χ1) is 8.15. The highest BCUT2D eigenvalue weighted by molar-refractivity contribution is 6.30. The Morgan fingerprint density at radius 3 is 2.28 bits per heavy atom. The van der Waals surface area contributed by atoms with Crippen molar-refractivity contribution >= 4 is 11.6 Å². The zero-order valence-electron chi connectivity index (χ0n) is 11.9. The lowest BCUT2D eigenvalue weighted by Crippen LogP contribution is -2.24. The van der Waals surface area contributed by atoms with E-state index < -0.39 is 5.60 Å². The maximum Gasteiger partial charge on any atom is 0.125 e. The van der Waals surface area contributed by atoms with Crippen LogP contribution in [0.3, 0.4) is 0 Å². The first-order valence-electron chi connectivity index (χ1n) is 6.22. The van der Waals surface area contributed by atoms with Crippen LogP contribution in [0.4, 0.5) is 0 Å². The molecule has 0 amide bonds. The molecule has 0 radical (unpaired) electrons. The Labute approximate surface area is 115 Å². The molecular formula is C15H23ClO2. The maximum atomic E-state index is 10.6. The minimum atomic E-state index is -0.927. The summed E-state index contributed by atoms with van der Waals surface area (Å²) in [7, 11) is 1.60. The monoisotopic (exact) mass is 270 g/mol. The van der Waals surface area contributed by atoms with E-state index in [1.165, 1.54) is 0 Å². The Kier molecular flexibility index (Phi) is 4.68.